The predicted octanol–water partition coefficient (Wildman–Crippen LogP) is 4.16. The van der Waals surface area contributed by atoms with Gasteiger partial charge in [-0.3, -0.25) is 0 Å². The molecule has 0 fully saturated rings. The monoisotopic (exact) mass is 305 g/mol. The molecule has 0 saturated carbocycles. The summed E-state index contributed by atoms with van der Waals surface area (Å²) in [5.41, 5.74) is 4.70. The number of ether oxygens (including phenoxy) is 1. The highest BCUT2D eigenvalue weighted by Gasteiger charge is 2.17. The summed E-state index contributed by atoms with van der Waals surface area (Å²) in [6, 6.07) is 16.3. The van der Waals surface area contributed by atoms with Crippen molar-refractivity contribution >= 4 is 16.6 Å². The SMILES string of the molecule is CCOc1ccc2c(C#N)c(-c3ccc(NC)cc3)n(C)c2c1. The summed E-state index contributed by atoms with van der Waals surface area (Å²) in [6.07, 6.45) is 0. The molecule has 3 aromatic rings. The van der Waals surface area contributed by atoms with E-state index in [1.807, 2.05) is 63.5 Å². The highest BCUT2D eigenvalue weighted by Crippen LogP contribution is 2.34. The van der Waals surface area contributed by atoms with Gasteiger partial charge in [0.1, 0.15) is 11.8 Å². The van der Waals surface area contributed by atoms with Gasteiger partial charge in [0.2, 0.25) is 0 Å². The van der Waals surface area contributed by atoms with Crippen molar-refractivity contribution in [3.05, 3.63) is 48.0 Å². The summed E-state index contributed by atoms with van der Waals surface area (Å²) in [5.74, 6) is 0.821. The lowest BCUT2D eigenvalue weighted by Crippen LogP contribution is -1.94. The van der Waals surface area contributed by atoms with Gasteiger partial charge >= 0.3 is 0 Å². The van der Waals surface area contributed by atoms with Crippen LogP contribution in [0.1, 0.15) is 12.5 Å². The van der Waals surface area contributed by atoms with E-state index in [0.29, 0.717) is 12.2 Å². The van der Waals surface area contributed by atoms with Crippen LogP contribution in [0.25, 0.3) is 22.2 Å². The van der Waals surface area contributed by atoms with Gasteiger partial charge in [0.05, 0.1) is 23.4 Å². The summed E-state index contributed by atoms with van der Waals surface area (Å²) in [7, 11) is 3.88. The van der Waals surface area contributed by atoms with Crippen molar-refractivity contribution in [2.75, 3.05) is 19.0 Å². The number of rotatable bonds is 4. The van der Waals surface area contributed by atoms with Crippen molar-refractivity contribution in [1.29, 1.82) is 5.26 Å². The molecule has 1 aromatic heterocycles. The average molecular weight is 305 g/mol. The van der Waals surface area contributed by atoms with Crippen LogP contribution in [-0.2, 0) is 7.05 Å². The Labute approximate surface area is 135 Å². The highest BCUT2D eigenvalue weighted by atomic mass is 16.5. The first kappa shape index (κ1) is 15.0. The van der Waals surface area contributed by atoms with E-state index in [4.69, 9.17) is 4.74 Å². The molecule has 4 heteroatoms. The maximum atomic E-state index is 9.66. The molecule has 4 nitrogen and oxygen atoms in total. The maximum Gasteiger partial charge on any atom is 0.121 e. The first-order chi connectivity index (χ1) is 11.2. The molecule has 0 bridgehead atoms. The molecule has 3 rings (SSSR count). The van der Waals surface area contributed by atoms with E-state index in [-0.39, 0.29) is 0 Å². The van der Waals surface area contributed by atoms with Crippen molar-refractivity contribution < 1.29 is 4.74 Å². The number of benzene rings is 2. The molecule has 0 unspecified atom stereocenters. The van der Waals surface area contributed by atoms with Crippen LogP contribution in [0.5, 0.6) is 5.75 Å². The van der Waals surface area contributed by atoms with Crippen LogP contribution in [0, 0.1) is 11.3 Å². The average Bonchev–Trinajstić information content (AvgIpc) is 2.87. The molecule has 0 amide bonds. The number of aryl methyl sites for hydroxylation is 1. The molecule has 116 valence electrons. The number of aromatic nitrogens is 1. The van der Waals surface area contributed by atoms with E-state index in [1.54, 1.807) is 0 Å². The van der Waals surface area contributed by atoms with Gasteiger partial charge in [0.25, 0.3) is 0 Å². The van der Waals surface area contributed by atoms with Crippen LogP contribution in [-0.4, -0.2) is 18.2 Å². The van der Waals surface area contributed by atoms with E-state index >= 15 is 0 Å². The molecule has 0 aliphatic rings. The van der Waals surface area contributed by atoms with E-state index in [9.17, 15) is 5.26 Å². The van der Waals surface area contributed by atoms with E-state index in [2.05, 4.69) is 16.0 Å². The number of nitrogens with zero attached hydrogens (tertiary/aromatic N) is 2. The lowest BCUT2D eigenvalue weighted by Gasteiger charge is -2.07. The minimum Gasteiger partial charge on any atom is -0.494 e. The number of hydrogen-bond donors (Lipinski definition) is 1. The van der Waals surface area contributed by atoms with Gasteiger partial charge in [-0.1, -0.05) is 12.1 Å². The number of nitriles is 1. The van der Waals surface area contributed by atoms with Crippen molar-refractivity contribution in [1.82, 2.24) is 4.57 Å². The molecule has 0 saturated heterocycles. The van der Waals surface area contributed by atoms with E-state index in [1.165, 1.54) is 0 Å². The molecule has 23 heavy (non-hydrogen) atoms. The fourth-order valence-corrected chi connectivity index (χ4v) is 2.92. The molecule has 1 N–H and O–H groups in total. The van der Waals surface area contributed by atoms with Crippen LogP contribution in [0.2, 0.25) is 0 Å². The first-order valence-electron chi connectivity index (χ1n) is 7.63. The minimum absolute atomic E-state index is 0.624. The second-order valence-electron chi connectivity index (χ2n) is 5.33. The van der Waals surface area contributed by atoms with Crippen LogP contribution in [0.4, 0.5) is 5.69 Å². The zero-order valence-electron chi connectivity index (χ0n) is 13.6. The fraction of sp³-hybridized carbons (Fsp3) is 0.211. The third kappa shape index (κ3) is 2.51. The van der Waals surface area contributed by atoms with Gasteiger partial charge < -0.3 is 14.6 Å². The summed E-state index contributed by atoms with van der Waals surface area (Å²) >= 11 is 0. The smallest absolute Gasteiger partial charge is 0.121 e. The van der Waals surface area contributed by atoms with Crippen LogP contribution in [0.3, 0.4) is 0 Å². The Hall–Kier alpha value is -2.93. The zero-order chi connectivity index (χ0) is 16.4. The summed E-state index contributed by atoms with van der Waals surface area (Å²) in [5, 5.41) is 13.7. The second kappa shape index (κ2) is 6.05. The molecule has 0 spiro atoms. The molecule has 1 heterocycles. The van der Waals surface area contributed by atoms with Gasteiger partial charge in [0.15, 0.2) is 0 Å². The Morgan fingerprint density at radius 3 is 2.52 bits per heavy atom. The summed E-state index contributed by atoms with van der Waals surface area (Å²) in [6.45, 7) is 2.59. The van der Waals surface area contributed by atoms with Gasteiger partial charge in [0, 0.05) is 31.2 Å². The Kier molecular flexibility index (Phi) is 3.94. The van der Waals surface area contributed by atoms with Gasteiger partial charge in [-0.15, -0.1) is 0 Å². The van der Waals surface area contributed by atoms with E-state index < -0.39 is 0 Å². The Morgan fingerprint density at radius 2 is 1.91 bits per heavy atom. The molecule has 0 aliphatic carbocycles. The van der Waals surface area contributed by atoms with Gasteiger partial charge in [-0.25, -0.2) is 0 Å². The minimum atomic E-state index is 0.624. The largest absolute Gasteiger partial charge is 0.494 e. The molecule has 0 radical (unpaired) electrons. The quantitative estimate of drug-likeness (QED) is 0.787. The lowest BCUT2D eigenvalue weighted by atomic mass is 10.1. The number of anilines is 1. The molecule has 2 aromatic carbocycles. The Morgan fingerprint density at radius 1 is 1.17 bits per heavy atom. The third-order valence-electron chi connectivity index (χ3n) is 4.04. The summed E-state index contributed by atoms with van der Waals surface area (Å²) < 4.78 is 7.64. The molecule has 0 aliphatic heterocycles. The Balaban J connectivity index is 2.23. The first-order valence-corrected chi connectivity index (χ1v) is 7.63. The van der Waals surface area contributed by atoms with Crippen LogP contribution in [0.15, 0.2) is 42.5 Å². The molecular formula is C19H19N3O. The van der Waals surface area contributed by atoms with Crippen LogP contribution >= 0.6 is 0 Å². The van der Waals surface area contributed by atoms with Crippen molar-refractivity contribution in [3.8, 4) is 23.1 Å². The highest BCUT2D eigenvalue weighted by molar-refractivity contribution is 5.95. The third-order valence-corrected chi connectivity index (χ3v) is 4.04. The number of fused-ring (bicyclic) bond motifs is 1. The van der Waals surface area contributed by atoms with Crippen molar-refractivity contribution in [2.45, 2.75) is 6.92 Å². The maximum absolute atomic E-state index is 9.66. The molecule has 0 atom stereocenters. The predicted molar refractivity (Wildman–Crippen MR) is 93.8 cm³/mol. The van der Waals surface area contributed by atoms with Crippen molar-refractivity contribution in [2.24, 2.45) is 7.05 Å². The second-order valence-corrected chi connectivity index (χ2v) is 5.33. The molecular weight excluding hydrogens is 286 g/mol. The summed E-state index contributed by atoms with van der Waals surface area (Å²) in [4.78, 5) is 0. The van der Waals surface area contributed by atoms with Gasteiger partial charge in [-0.2, -0.15) is 5.26 Å². The van der Waals surface area contributed by atoms with E-state index in [0.717, 1.165) is 33.6 Å². The Bertz CT molecular complexity index is 886. The number of nitrogens with one attached hydrogen (secondary N) is 1. The zero-order valence-corrected chi connectivity index (χ0v) is 13.6. The normalized spacial score (nSPS) is 10.5. The topological polar surface area (TPSA) is 50.0 Å². The number of hydrogen-bond acceptors (Lipinski definition) is 3. The van der Waals surface area contributed by atoms with Crippen molar-refractivity contribution in [3.63, 3.8) is 0 Å². The standard InChI is InChI=1S/C19H19N3O/c1-4-23-15-9-10-16-17(12-20)19(22(3)18(16)11-15)13-5-7-14(21-2)8-6-13/h5-11,21H,4H2,1-3H3. The van der Waals surface area contributed by atoms with Gasteiger partial charge in [-0.05, 0) is 36.8 Å². The van der Waals surface area contributed by atoms with Crippen LogP contribution < -0.4 is 10.1 Å². The fourth-order valence-electron chi connectivity index (χ4n) is 2.92. The lowest BCUT2D eigenvalue weighted by molar-refractivity contribution is 0.340.